The molecule has 0 spiro atoms. The minimum atomic E-state index is -0.0151. The van der Waals surface area contributed by atoms with Crippen LogP contribution in [0, 0.1) is 13.8 Å². The number of aryl methyl sites for hydroxylation is 3. The predicted octanol–water partition coefficient (Wildman–Crippen LogP) is 4.43. The summed E-state index contributed by atoms with van der Waals surface area (Å²) in [5.74, 6) is 1.39. The SMILES string of the molecule is CCCOc1ccc(CN(CCC)C(=O)c2cc(C)nc3c2c(C)nn3C)cc1OC. The van der Waals surface area contributed by atoms with E-state index in [0.717, 1.165) is 46.6 Å². The van der Waals surface area contributed by atoms with Crippen molar-refractivity contribution < 1.29 is 14.3 Å². The molecule has 0 saturated carbocycles. The first-order valence-electron chi connectivity index (χ1n) is 10.8. The molecule has 0 saturated heterocycles. The number of nitrogens with zero attached hydrogens (tertiary/aromatic N) is 4. The van der Waals surface area contributed by atoms with Gasteiger partial charge in [-0.05, 0) is 50.5 Å². The number of ether oxygens (including phenoxy) is 2. The Balaban J connectivity index is 1.95. The van der Waals surface area contributed by atoms with Gasteiger partial charge in [-0.2, -0.15) is 5.10 Å². The molecule has 166 valence electrons. The van der Waals surface area contributed by atoms with Crippen molar-refractivity contribution >= 4 is 16.9 Å². The molecular formula is C24H32N4O3. The molecule has 0 fully saturated rings. The summed E-state index contributed by atoms with van der Waals surface area (Å²) in [5.41, 5.74) is 3.98. The molecule has 0 radical (unpaired) electrons. The number of benzene rings is 1. The van der Waals surface area contributed by atoms with Gasteiger partial charge in [0.25, 0.3) is 5.91 Å². The lowest BCUT2D eigenvalue weighted by Crippen LogP contribution is -2.31. The molecule has 3 aromatic rings. The number of methoxy groups -OCH3 is 1. The van der Waals surface area contributed by atoms with Crippen LogP contribution in [0.5, 0.6) is 11.5 Å². The average molecular weight is 425 g/mol. The van der Waals surface area contributed by atoms with Crippen molar-refractivity contribution in [3.8, 4) is 11.5 Å². The summed E-state index contributed by atoms with van der Waals surface area (Å²) >= 11 is 0. The van der Waals surface area contributed by atoms with Crippen LogP contribution in [0.25, 0.3) is 11.0 Å². The fraction of sp³-hybridized carbons (Fsp3) is 0.458. The summed E-state index contributed by atoms with van der Waals surface area (Å²) in [6, 6.07) is 7.72. The quantitative estimate of drug-likeness (QED) is 0.508. The van der Waals surface area contributed by atoms with E-state index in [-0.39, 0.29) is 5.91 Å². The minimum Gasteiger partial charge on any atom is -0.493 e. The van der Waals surface area contributed by atoms with Crippen molar-refractivity contribution in [1.82, 2.24) is 19.7 Å². The number of amides is 1. The lowest BCUT2D eigenvalue weighted by atomic mass is 10.1. The molecule has 0 bridgehead atoms. The van der Waals surface area contributed by atoms with Crippen LogP contribution in [0.4, 0.5) is 0 Å². The fourth-order valence-electron chi connectivity index (χ4n) is 3.79. The van der Waals surface area contributed by atoms with Gasteiger partial charge in [0, 0.05) is 25.8 Å². The number of carbonyl (C=O) groups excluding carboxylic acids is 1. The number of hydrogen-bond acceptors (Lipinski definition) is 5. The van der Waals surface area contributed by atoms with E-state index in [9.17, 15) is 4.79 Å². The zero-order chi connectivity index (χ0) is 22.5. The minimum absolute atomic E-state index is 0.0151. The molecule has 3 rings (SSSR count). The molecule has 0 aliphatic rings. The van der Waals surface area contributed by atoms with Crippen molar-refractivity contribution in [2.45, 2.75) is 47.1 Å². The fourth-order valence-corrected chi connectivity index (χ4v) is 3.79. The Bertz CT molecular complexity index is 1070. The van der Waals surface area contributed by atoms with Gasteiger partial charge in [0.15, 0.2) is 17.1 Å². The standard InChI is InChI=1S/C24H32N4O3/c1-7-11-28(15-18-9-10-20(31-12-8-2)21(14-18)30-6)24(29)19-13-16(3)25-23-22(19)17(4)26-27(23)5/h9-10,13-14H,7-8,11-12,15H2,1-6H3. The van der Waals surface area contributed by atoms with Crippen molar-refractivity contribution in [2.24, 2.45) is 7.05 Å². The van der Waals surface area contributed by atoms with E-state index >= 15 is 0 Å². The lowest BCUT2D eigenvalue weighted by molar-refractivity contribution is 0.0745. The largest absolute Gasteiger partial charge is 0.493 e. The molecule has 0 atom stereocenters. The summed E-state index contributed by atoms with van der Waals surface area (Å²) in [7, 11) is 3.49. The van der Waals surface area contributed by atoms with Crippen LogP contribution in [0.2, 0.25) is 0 Å². The third-order valence-corrected chi connectivity index (χ3v) is 5.17. The van der Waals surface area contributed by atoms with Crippen LogP contribution < -0.4 is 9.47 Å². The molecule has 0 aliphatic heterocycles. The van der Waals surface area contributed by atoms with Gasteiger partial charge in [-0.25, -0.2) is 4.98 Å². The highest BCUT2D eigenvalue weighted by Gasteiger charge is 2.22. The van der Waals surface area contributed by atoms with E-state index in [4.69, 9.17) is 9.47 Å². The summed E-state index contributed by atoms with van der Waals surface area (Å²) < 4.78 is 13.0. The maximum absolute atomic E-state index is 13.6. The van der Waals surface area contributed by atoms with E-state index in [0.29, 0.717) is 31.0 Å². The maximum atomic E-state index is 13.6. The topological polar surface area (TPSA) is 69.5 Å². The van der Waals surface area contributed by atoms with Gasteiger partial charge in [-0.3, -0.25) is 9.48 Å². The molecule has 0 N–H and O–H groups in total. The normalized spacial score (nSPS) is 11.0. The first kappa shape index (κ1) is 22.6. The zero-order valence-electron chi connectivity index (χ0n) is 19.4. The molecule has 7 heteroatoms. The van der Waals surface area contributed by atoms with Crippen LogP contribution in [0.15, 0.2) is 24.3 Å². The Morgan fingerprint density at radius 3 is 2.58 bits per heavy atom. The number of aromatic nitrogens is 3. The molecule has 1 amide bonds. The van der Waals surface area contributed by atoms with Crippen molar-refractivity contribution in [3.63, 3.8) is 0 Å². The lowest BCUT2D eigenvalue weighted by Gasteiger charge is -2.23. The third kappa shape index (κ3) is 4.81. The smallest absolute Gasteiger partial charge is 0.255 e. The second-order valence-corrected chi connectivity index (χ2v) is 7.78. The Labute approximate surface area is 184 Å². The molecular weight excluding hydrogens is 392 g/mol. The molecule has 1 aromatic carbocycles. The van der Waals surface area contributed by atoms with E-state index < -0.39 is 0 Å². The zero-order valence-corrected chi connectivity index (χ0v) is 19.4. The summed E-state index contributed by atoms with van der Waals surface area (Å²) in [6.45, 7) is 9.74. The second kappa shape index (κ2) is 9.81. The summed E-state index contributed by atoms with van der Waals surface area (Å²) in [4.78, 5) is 20.1. The highest BCUT2D eigenvalue weighted by Crippen LogP contribution is 2.29. The van der Waals surface area contributed by atoms with Crippen LogP contribution in [0.3, 0.4) is 0 Å². The predicted molar refractivity (Wildman–Crippen MR) is 122 cm³/mol. The Kier molecular flexibility index (Phi) is 7.15. The molecule has 0 unspecified atom stereocenters. The number of hydrogen-bond donors (Lipinski definition) is 0. The number of carbonyl (C=O) groups is 1. The Morgan fingerprint density at radius 1 is 1.13 bits per heavy atom. The highest BCUT2D eigenvalue weighted by molar-refractivity contribution is 6.06. The van der Waals surface area contributed by atoms with E-state index in [1.165, 1.54) is 0 Å². The van der Waals surface area contributed by atoms with Crippen LogP contribution in [-0.4, -0.2) is 45.8 Å². The van der Waals surface area contributed by atoms with Gasteiger partial charge < -0.3 is 14.4 Å². The molecule has 0 aliphatic carbocycles. The van der Waals surface area contributed by atoms with E-state index in [2.05, 4.69) is 23.9 Å². The monoisotopic (exact) mass is 424 g/mol. The summed E-state index contributed by atoms with van der Waals surface area (Å²) in [6.07, 6.45) is 1.79. The van der Waals surface area contributed by atoms with Crippen molar-refractivity contribution in [2.75, 3.05) is 20.3 Å². The van der Waals surface area contributed by atoms with E-state index in [1.54, 1.807) is 11.8 Å². The van der Waals surface area contributed by atoms with Gasteiger partial charge >= 0.3 is 0 Å². The number of fused-ring (bicyclic) bond motifs is 1. The molecule has 7 nitrogen and oxygen atoms in total. The first-order valence-corrected chi connectivity index (χ1v) is 10.8. The Morgan fingerprint density at radius 2 is 1.90 bits per heavy atom. The average Bonchev–Trinajstić information content (AvgIpc) is 3.04. The molecule has 31 heavy (non-hydrogen) atoms. The van der Waals surface area contributed by atoms with Crippen molar-refractivity contribution in [1.29, 1.82) is 0 Å². The highest BCUT2D eigenvalue weighted by atomic mass is 16.5. The van der Waals surface area contributed by atoms with Crippen molar-refractivity contribution in [3.05, 3.63) is 46.8 Å². The van der Waals surface area contributed by atoms with E-state index in [1.807, 2.05) is 50.1 Å². The van der Waals surface area contributed by atoms with Gasteiger partial charge in [0.1, 0.15) is 0 Å². The van der Waals surface area contributed by atoms with Gasteiger partial charge in [-0.15, -0.1) is 0 Å². The van der Waals surface area contributed by atoms with Crippen LogP contribution in [0.1, 0.15) is 54.0 Å². The van der Waals surface area contributed by atoms with Gasteiger partial charge in [-0.1, -0.05) is 19.9 Å². The third-order valence-electron chi connectivity index (χ3n) is 5.17. The number of rotatable bonds is 9. The van der Waals surface area contributed by atoms with Gasteiger partial charge in [0.05, 0.1) is 30.4 Å². The van der Waals surface area contributed by atoms with Gasteiger partial charge in [0.2, 0.25) is 0 Å². The maximum Gasteiger partial charge on any atom is 0.255 e. The molecule has 2 heterocycles. The van der Waals surface area contributed by atoms with Crippen LogP contribution >= 0.6 is 0 Å². The number of pyridine rings is 1. The van der Waals surface area contributed by atoms with Crippen LogP contribution in [-0.2, 0) is 13.6 Å². The first-order chi connectivity index (χ1) is 14.9. The Hall–Kier alpha value is -3.09. The summed E-state index contributed by atoms with van der Waals surface area (Å²) in [5, 5.41) is 5.29. The second-order valence-electron chi connectivity index (χ2n) is 7.78. The molecule has 2 aromatic heterocycles.